The van der Waals surface area contributed by atoms with Crippen LogP contribution in [0.1, 0.15) is 20.3 Å². The van der Waals surface area contributed by atoms with Crippen LogP contribution in [-0.2, 0) is 4.84 Å². The van der Waals surface area contributed by atoms with Crippen molar-refractivity contribution in [2.24, 2.45) is 11.1 Å². The maximum Gasteiger partial charge on any atom is 0.177 e. The van der Waals surface area contributed by atoms with E-state index in [1.807, 2.05) is 0 Å². The van der Waals surface area contributed by atoms with Crippen molar-refractivity contribution in [3.05, 3.63) is 0 Å². The Labute approximate surface area is 62.3 Å². The predicted molar refractivity (Wildman–Crippen MR) is 42.7 cm³/mol. The van der Waals surface area contributed by atoms with Crippen LogP contribution < -0.4 is 0 Å². The number of nitrogens with zero attached hydrogens (tertiary/aromatic N) is 1. The van der Waals surface area contributed by atoms with E-state index in [-0.39, 0.29) is 6.61 Å². The SMILES string of the molecule is C#CCO/N=C/CC(C)C. The number of hydrogen-bond donors (Lipinski definition) is 0. The highest BCUT2D eigenvalue weighted by Gasteiger charge is 1.86. The summed E-state index contributed by atoms with van der Waals surface area (Å²) >= 11 is 0. The third kappa shape index (κ3) is 7.03. The average molecular weight is 139 g/mol. The van der Waals surface area contributed by atoms with E-state index in [2.05, 4.69) is 29.8 Å². The standard InChI is InChI=1S/C8H13NO/c1-4-7-10-9-6-5-8(2)3/h1,6,8H,5,7H2,2-3H3/b9-6+. The van der Waals surface area contributed by atoms with Gasteiger partial charge in [-0.05, 0) is 12.3 Å². The van der Waals surface area contributed by atoms with Crippen molar-refractivity contribution in [1.82, 2.24) is 0 Å². The Hall–Kier alpha value is -0.970. The molecule has 0 spiro atoms. The Morgan fingerprint density at radius 3 is 2.90 bits per heavy atom. The zero-order chi connectivity index (χ0) is 7.82. The maximum absolute atomic E-state index is 4.92. The first-order valence-electron chi connectivity index (χ1n) is 3.34. The van der Waals surface area contributed by atoms with Gasteiger partial charge in [0.1, 0.15) is 0 Å². The van der Waals surface area contributed by atoms with Gasteiger partial charge in [-0.3, -0.25) is 0 Å². The Bertz CT molecular complexity index is 133. The Balaban J connectivity index is 3.14. The lowest BCUT2D eigenvalue weighted by Gasteiger charge is -1.95. The van der Waals surface area contributed by atoms with Gasteiger partial charge in [0.05, 0.1) is 0 Å². The average Bonchev–Trinajstić information content (AvgIpc) is 1.87. The minimum absolute atomic E-state index is 0.259. The van der Waals surface area contributed by atoms with Crippen LogP contribution in [0.3, 0.4) is 0 Å². The molecule has 0 unspecified atom stereocenters. The lowest BCUT2D eigenvalue weighted by molar-refractivity contribution is 0.180. The van der Waals surface area contributed by atoms with Crippen LogP contribution in [-0.4, -0.2) is 12.8 Å². The molecule has 0 N–H and O–H groups in total. The fourth-order valence-corrected chi connectivity index (χ4v) is 0.381. The highest BCUT2D eigenvalue weighted by molar-refractivity contribution is 5.56. The fraction of sp³-hybridized carbons (Fsp3) is 0.625. The van der Waals surface area contributed by atoms with Crippen LogP contribution in [0.4, 0.5) is 0 Å². The van der Waals surface area contributed by atoms with Crippen molar-refractivity contribution in [3.8, 4) is 12.3 Å². The molecule has 2 nitrogen and oxygen atoms in total. The molecule has 56 valence electrons. The summed E-state index contributed by atoms with van der Waals surface area (Å²) < 4.78 is 0. The first-order valence-corrected chi connectivity index (χ1v) is 3.34. The smallest absolute Gasteiger partial charge is 0.177 e. The summed E-state index contributed by atoms with van der Waals surface area (Å²) in [6.07, 6.45) is 7.59. The van der Waals surface area contributed by atoms with Crippen LogP contribution in [0.15, 0.2) is 5.16 Å². The molecule has 0 heterocycles. The van der Waals surface area contributed by atoms with Crippen LogP contribution in [0.25, 0.3) is 0 Å². The summed E-state index contributed by atoms with van der Waals surface area (Å²) in [5.74, 6) is 2.94. The van der Waals surface area contributed by atoms with Gasteiger partial charge in [-0.25, -0.2) is 0 Å². The van der Waals surface area contributed by atoms with Crippen LogP contribution in [0.2, 0.25) is 0 Å². The summed E-state index contributed by atoms with van der Waals surface area (Å²) in [5.41, 5.74) is 0. The van der Waals surface area contributed by atoms with E-state index in [4.69, 9.17) is 6.42 Å². The van der Waals surface area contributed by atoms with Crippen molar-refractivity contribution in [1.29, 1.82) is 0 Å². The van der Waals surface area contributed by atoms with Crippen molar-refractivity contribution < 1.29 is 4.84 Å². The molecule has 0 aromatic carbocycles. The van der Waals surface area contributed by atoms with E-state index in [1.54, 1.807) is 6.21 Å². The number of terminal acetylenes is 1. The van der Waals surface area contributed by atoms with Gasteiger partial charge < -0.3 is 4.84 Å². The van der Waals surface area contributed by atoms with E-state index in [0.29, 0.717) is 5.92 Å². The molecule has 0 saturated carbocycles. The predicted octanol–water partition coefficient (Wildman–Crippen LogP) is 1.67. The van der Waals surface area contributed by atoms with Crippen molar-refractivity contribution in [2.45, 2.75) is 20.3 Å². The maximum atomic E-state index is 4.92. The van der Waals surface area contributed by atoms with Crippen molar-refractivity contribution in [2.75, 3.05) is 6.61 Å². The second-order valence-electron chi connectivity index (χ2n) is 2.40. The van der Waals surface area contributed by atoms with Gasteiger partial charge in [-0.2, -0.15) is 0 Å². The quantitative estimate of drug-likeness (QED) is 0.251. The zero-order valence-corrected chi connectivity index (χ0v) is 6.50. The summed E-state index contributed by atoms with van der Waals surface area (Å²) in [4.78, 5) is 4.67. The van der Waals surface area contributed by atoms with E-state index in [1.165, 1.54) is 0 Å². The van der Waals surface area contributed by atoms with Gasteiger partial charge in [-0.1, -0.05) is 24.9 Å². The van der Waals surface area contributed by atoms with Crippen molar-refractivity contribution >= 4 is 6.21 Å². The van der Waals surface area contributed by atoms with Gasteiger partial charge in [0, 0.05) is 6.21 Å². The molecular formula is C8H13NO. The molecule has 0 atom stereocenters. The Morgan fingerprint density at radius 2 is 2.40 bits per heavy atom. The summed E-state index contributed by atoms with van der Waals surface area (Å²) in [5, 5.41) is 3.63. The van der Waals surface area contributed by atoms with Gasteiger partial charge >= 0.3 is 0 Å². The summed E-state index contributed by atoms with van der Waals surface area (Å²) in [6.45, 7) is 4.50. The fourth-order valence-electron chi connectivity index (χ4n) is 0.381. The highest BCUT2D eigenvalue weighted by atomic mass is 16.6. The normalized spacial score (nSPS) is 10.2. The van der Waals surface area contributed by atoms with E-state index in [0.717, 1.165) is 6.42 Å². The molecule has 0 radical (unpaired) electrons. The lowest BCUT2D eigenvalue weighted by Crippen LogP contribution is -1.88. The molecule has 0 amide bonds. The largest absolute Gasteiger partial charge is 0.383 e. The van der Waals surface area contributed by atoms with Crippen LogP contribution in [0, 0.1) is 18.3 Å². The number of hydrogen-bond acceptors (Lipinski definition) is 2. The zero-order valence-electron chi connectivity index (χ0n) is 6.50. The van der Waals surface area contributed by atoms with Gasteiger partial charge in [0.2, 0.25) is 0 Å². The van der Waals surface area contributed by atoms with E-state index in [9.17, 15) is 0 Å². The van der Waals surface area contributed by atoms with Gasteiger partial charge in [0.15, 0.2) is 6.61 Å². The van der Waals surface area contributed by atoms with Crippen LogP contribution in [0.5, 0.6) is 0 Å². The molecule has 0 aromatic rings. The van der Waals surface area contributed by atoms with E-state index < -0.39 is 0 Å². The van der Waals surface area contributed by atoms with Crippen molar-refractivity contribution in [3.63, 3.8) is 0 Å². The monoisotopic (exact) mass is 139 g/mol. The molecule has 0 aliphatic carbocycles. The molecular weight excluding hydrogens is 126 g/mol. The van der Waals surface area contributed by atoms with E-state index >= 15 is 0 Å². The number of oxime groups is 1. The molecule has 0 saturated heterocycles. The molecule has 0 fully saturated rings. The van der Waals surface area contributed by atoms with Gasteiger partial charge in [0.25, 0.3) is 0 Å². The molecule has 0 bridgehead atoms. The second-order valence-corrected chi connectivity index (χ2v) is 2.40. The van der Waals surface area contributed by atoms with Crippen LogP contribution >= 0.6 is 0 Å². The second kappa shape index (κ2) is 6.15. The Morgan fingerprint density at radius 1 is 1.70 bits per heavy atom. The third-order valence-corrected chi connectivity index (χ3v) is 0.874. The minimum atomic E-state index is 0.259. The third-order valence-electron chi connectivity index (χ3n) is 0.874. The topological polar surface area (TPSA) is 21.6 Å². The first kappa shape index (κ1) is 9.03. The lowest BCUT2D eigenvalue weighted by atomic mass is 10.2. The summed E-state index contributed by atoms with van der Waals surface area (Å²) in [7, 11) is 0. The van der Waals surface area contributed by atoms with Gasteiger partial charge in [-0.15, -0.1) is 6.42 Å². The minimum Gasteiger partial charge on any atom is -0.383 e. The number of rotatable bonds is 4. The summed E-state index contributed by atoms with van der Waals surface area (Å²) in [6, 6.07) is 0. The molecule has 10 heavy (non-hydrogen) atoms. The molecule has 0 rings (SSSR count). The highest BCUT2D eigenvalue weighted by Crippen LogP contribution is 1.94. The molecule has 0 aromatic heterocycles. The molecule has 0 aliphatic heterocycles. The molecule has 2 heteroatoms. The first-order chi connectivity index (χ1) is 4.77. The Kier molecular flexibility index (Phi) is 5.56. The molecule has 0 aliphatic rings.